The predicted molar refractivity (Wildman–Crippen MR) is 99.2 cm³/mol. The van der Waals surface area contributed by atoms with E-state index in [9.17, 15) is 14.0 Å². The number of ether oxygens (including phenoxy) is 3. The van der Waals surface area contributed by atoms with Crippen molar-refractivity contribution in [2.75, 3.05) is 38.1 Å². The van der Waals surface area contributed by atoms with Crippen LogP contribution in [0.2, 0.25) is 0 Å². The van der Waals surface area contributed by atoms with Crippen molar-refractivity contribution in [3.8, 4) is 17.2 Å². The molecule has 0 saturated heterocycles. The molecule has 0 aliphatic carbocycles. The highest BCUT2D eigenvalue weighted by molar-refractivity contribution is 6.02. The third-order valence-corrected chi connectivity index (χ3v) is 3.77. The van der Waals surface area contributed by atoms with Crippen LogP contribution in [-0.4, -0.2) is 39.7 Å². The van der Waals surface area contributed by atoms with E-state index in [2.05, 4.69) is 5.32 Å². The molecule has 0 spiro atoms. The van der Waals surface area contributed by atoms with Gasteiger partial charge in [-0.05, 0) is 12.1 Å². The van der Waals surface area contributed by atoms with Gasteiger partial charge in [0.2, 0.25) is 17.6 Å². The van der Waals surface area contributed by atoms with E-state index in [4.69, 9.17) is 14.2 Å². The second-order valence-corrected chi connectivity index (χ2v) is 5.52. The molecular weight excluding hydrogens is 355 g/mol. The van der Waals surface area contributed by atoms with E-state index in [1.165, 1.54) is 46.5 Å². The Hall–Kier alpha value is -3.29. The SMILES string of the molecule is COc1cc(NC(=O)CN(C(C)=O)c2ccccc2F)cc(OC)c1OC. The lowest BCUT2D eigenvalue weighted by Crippen LogP contribution is -2.37. The Bertz CT molecular complexity index is 816. The van der Waals surface area contributed by atoms with Crippen molar-refractivity contribution in [1.29, 1.82) is 0 Å². The van der Waals surface area contributed by atoms with Gasteiger partial charge in [-0.15, -0.1) is 0 Å². The molecule has 0 saturated carbocycles. The van der Waals surface area contributed by atoms with Crippen LogP contribution in [0.15, 0.2) is 36.4 Å². The van der Waals surface area contributed by atoms with Gasteiger partial charge in [-0.1, -0.05) is 12.1 Å². The Balaban J connectivity index is 2.23. The number of benzene rings is 2. The molecule has 2 rings (SSSR count). The van der Waals surface area contributed by atoms with Crippen molar-refractivity contribution in [2.45, 2.75) is 6.92 Å². The maximum atomic E-state index is 14.0. The third-order valence-electron chi connectivity index (χ3n) is 3.77. The summed E-state index contributed by atoms with van der Waals surface area (Å²) in [5.74, 6) is -0.444. The van der Waals surface area contributed by atoms with E-state index in [0.717, 1.165) is 4.90 Å². The van der Waals surface area contributed by atoms with E-state index in [1.54, 1.807) is 18.2 Å². The molecule has 0 radical (unpaired) electrons. The van der Waals surface area contributed by atoms with E-state index in [0.29, 0.717) is 22.9 Å². The van der Waals surface area contributed by atoms with Crippen LogP contribution in [0.3, 0.4) is 0 Å². The number of hydrogen-bond donors (Lipinski definition) is 1. The zero-order chi connectivity index (χ0) is 20.0. The minimum atomic E-state index is -0.590. The maximum Gasteiger partial charge on any atom is 0.244 e. The number of nitrogens with one attached hydrogen (secondary N) is 1. The molecule has 0 aliphatic heterocycles. The number of para-hydroxylation sites is 1. The highest BCUT2D eigenvalue weighted by Gasteiger charge is 2.20. The van der Waals surface area contributed by atoms with Crippen LogP contribution in [0.1, 0.15) is 6.92 Å². The van der Waals surface area contributed by atoms with Crippen LogP contribution in [0, 0.1) is 5.82 Å². The molecular formula is C19H21FN2O5. The zero-order valence-electron chi connectivity index (χ0n) is 15.5. The van der Waals surface area contributed by atoms with Gasteiger partial charge in [0.1, 0.15) is 12.4 Å². The number of amides is 2. The van der Waals surface area contributed by atoms with Crippen LogP contribution in [0.25, 0.3) is 0 Å². The number of halogens is 1. The first-order chi connectivity index (χ1) is 12.9. The lowest BCUT2D eigenvalue weighted by atomic mass is 10.2. The zero-order valence-corrected chi connectivity index (χ0v) is 15.5. The molecule has 27 heavy (non-hydrogen) atoms. The minimum absolute atomic E-state index is 0.0324. The maximum absolute atomic E-state index is 14.0. The quantitative estimate of drug-likeness (QED) is 0.804. The van der Waals surface area contributed by atoms with Gasteiger partial charge in [-0.3, -0.25) is 9.59 Å². The number of rotatable bonds is 7. The smallest absolute Gasteiger partial charge is 0.244 e. The molecule has 0 atom stereocenters. The summed E-state index contributed by atoms with van der Waals surface area (Å²) in [5.41, 5.74) is 0.413. The molecule has 2 amide bonds. The standard InChI is InChI=1S/C19H21FN2O5/c1-12(23)22(15-8-6-5-7-14(15)20)11-18(24)21-13-9-16(25-2)19(27-4)17(10-13)26-3/h5-10H,11H2,1-4H3,(H,21,24). The average Bonchev–Trinajstić information content (AvgIpc) is 2.65. The lowest BCUT2D eigenvalue weighted by molar-refractivity contribution is -0.120. The monoisotopic (exact) mass is 376 g/mol. The summed E-state index contributed by atoms with van der Waals surface area (Å²) >= 11 is 0. The number of anilines is 2. The topological polar surface area (TPSA) is 77.1 Å². The normalized spacial score (nSPS) is 10.1. The minimum Gasteiger partial charge on any atom is -0.493 e. The van der Waals surface area contributed by atoms with Gasteiger partial charge in [-0.2, -0.15) is 0 Å². The summed E-state index contributed by atoms with van der Waals surface area (Å²) in [6.07, 6.45) is 0. The number of methoxy groups -OCH3 is 3. The number of carbonyl (C=O) groups is 2. The molecule has 8 heteroatoms. The Morgan fingerprint density at radius 1 is 1.04 bits per heavy atom. The Morgan fingerprint density at radius 2 is 1.63 bits per heavy atom. The van der Waals surface area contributed by atoms with Crippen LogP contribution < -0.4 is 24.4 Å². The van der Waals surface area contributed by atoms with Crippen LogP contribution >= 0.6 is 0 Å². The van der Waals surface area contributed by atoms with Gasteiger partial charge >= 0.3 is 0 Å². The molecule has 2 aromatic rings. The van der Waals surface area contributed by atoms with Gasteiger partial charge < -0.3 is 24.4 Å². The van der Waals surface area contributed by atoms with Crippen molar-refractivity contribution >= 4 is 23.2 Å². The molecule has 1 N–H and O–H groups in total. The summed E-state index contributed by atoms with van der Waals surface area (Å²) in [6, 6.07) is 8.87. The van der Waals surface area contributed by atoms with Gasteiger partial charge in [0.15, 0.2) is 11.5 Å². The van der Waals surface area contributed by atoms with Gasteiger partial charge in [0.25, 0.3) is 0 Å². The van der Waals surface area contributed by atoms with Crippen molar-refractivity contribution in [1.82, 2.24) is 0 Å². The first kappa shape index (κ1) is 20.0. The molecule has 0 heterocycles. The average molecular weight is 376 g/mol. The summed E-state index contributed by atoms with van der Waals surface area (Å²) in [6.45, 7) is 0.909. The van der Waals surface area contributed by atoms with E-state index in [1.807, 2.05) is 0 Å². The molecule has 0 bridgehead atoms. The summed E-state index contributed by atoms with van der Waals surface area (Å²) in [7, 11) is 4.38. The van der Waals surface area contributed by atoms with Crippen molar-refractivity contribution in [2.24, 2.45) is 0 Å². The largest absolute Gasteiger partial charge is 0.493 e. The highest BCUT2D eigenvalue weighted by atomic mass is 19.1. The summed E-state index contributed by atoms with van der Waals surface area (Å²) in [5, 5.41) is 2.65. The summed E-state index contributed by atoms with van der Waals surface area (Å²) in [4.78, 5) is 25.4. The molecule has 2 aromatic carbocycles. The van der Waals surface area contributed by atoms with Crippen molar-refractivity contribution in [3.05, 3.63) is 42.2 Å². The number of nitrogens with zero attached hydrogens (tertiary/aromatic N) is 1. The second-order valence-electron chi connectivity index (χ2n) is 5.52. The summed E-state index contributed by atoms with van der Waals surface area (Å²) < 4.78 is 29.7. The Labute approximate surface area is 156 Å². The van der Waals surface area contributed by atoms with Crippen LogP contribution in [0.4, 0.5) is 15.8 Å². The lowest BCUT2D eigenvalue weighted by Gasteiger charge is -2.21. The highest BCUT2D eigenvalue weighted by Crippen LogP contribution is 2.39. The third kappa shape index (κ3) is 4.66. The predicted octanol–water partition coefficient (Wildman–Crippen LogP) is 2.84. The Morgan fingerprint density at radius 3 is 2.11 bits per heavy atom. The number of hydrogen-bond acceptors (Lipinski definition) is 5. The first-order valence-electron chi connectivity index (χ1n) is 8.03. The van der Waals surface area contributed by atoms with E-state index in [-0.39, 0.29) is 12.2 Å². The van der Waals surface area contributed by atoms with Crippen molar-refractivity contribution in [3.63, 3.8) is 0 Å². The van der Waals surface area contributed by atoms with Crippen molar-refractivity contribution < 1.29 is 28.2 Å². The number of carbonyl (C=O) groups excluding carboxylic acids is 2. The van der Waals surface area contributed by atoms with E-state index >= 15 is 0 Å². The fourth-order valence-corrected chi connectivity index (χ4v) is 2.53. The molecule has 7 nitrogen and oxygen atoms in total. The second kappa shape index (κ2) is 8.88. The molecule has 0 aliphatic rings. The van der Waals surface area contributed by atoms with Crippen LogP contribution in [0.5, 0.6) is 17.2 Å². The molecule has 0 aromatic heterocycles. The molecule has 0 fully saturated rings. The molecule has 0 unspecified atom stereocenters. The van der Waals surface area contributed by atoms with E-state index < -0.39 is 17.6 Å². The van der Waals surface area contributed by atoms with Gasteiger partial charge in [0, 0.05) is 24.7 Å². The Kier molecular flexibility index (Phi) is 6.59. The van der Waals surface area contributed by atoms with Gasteiger partial charge in [0.05, 0.1) is 27.0 Å². The van der Waals surface area contributed by atoms with Crippen LogP contribution in [-0.2, 0) is 9.59 Å². The van der Waals surface area contributed by atoms with Gasteiger partial charge in [-0.25, -0.2) is 4.39 Å². The molecule has 144 valence electrons. The first-order valence-corrected chi connectivity index (χ1v) is 8.03. The fourth-order valence-electron chi connectivity index (χ4n) is 2.53. The fraction of sp³-hybridized carbons (Fsp3) is 0.263.